The van der Waals surface area contributed by atoms with Gasteiger partial charge in [-0.3, -0.25) is 4.79 Å². The number of aryl methyl sites for hydroxylation is 2. The average molecular weight is 387 g/mol. The Bertz CT molecular complexity index is 798. The molecule has 3 N–H and O–H groups in total. The summed E-state index contributed by atoms with van der Waals surface area (Å²) >= 11 is 0. The number of nitrogens with one attached hydrogen (secondary N) is 1. The van der Waals surface area contributed by atoms with Crippen molar-refractivity contribution in [2.45, 2.75) is 71.1 Å². The molecule has 8 heteroatoms. The molecule has 8 nitrogen and oxygen atoms in total. The standard InChI is InChI=1S/C20H30N6O2/c1-4-28-18(27)12-26-20(23-24-25-26)19(15-6-5-13(2)14(3)11-15)22-17-9-7-16(21)8-10-17/h5-6,11,16-17,19,22H,4,7-10,12,21H2,1-3H3. The topological polar surface area (TPSA) is 108 Å². The molecule has 0 spiro atoms. The van der Waals surface area contributed by atoms with Crippen molar-refractivity contribution in [1.29, 1.82) is 0 Å². The molecule has 0 amide bonds. The molecular weight excluding hydrogens is 356 g/mol. The number of nitrogens with zero attached hydrogens (tertiary/aromatic N) is 4. The first-order valence-corrected chi connectivity index (χ1v) is 9.98. The molecule has 0 saturated heterocycles. The Morgan fingerprint density at radius 3 is 2.71 bits per heavy atom. The quantitative estimate of drug-likeness (QED) is 0.699. The molecule has 3 rings (SSSR count). The number of aromatic nitrogens is 4. The predicted octanol–water partition coefficient (Wildman–Crippen LogP) is 1.80. The maximum Gasteiger partial charge on any atom is 0.327 e. The minimum Gasteiger partial charge on any atom is -0.465 e. The average Bonchev–Trinajstić information content (AvgIpc) is 3.11. The van der Waals surface area contributed by atoms with Crippen molar-refractivity contribution in [3.8, 4) is 0 Å². The first-order chi connectivity index (χ1) is 13.5. The molecule has 1 aromatic carbocycles. The Kier molecular flexibility index (Phi) is 6.74. The smallest absolute Gasteiger partial charge is 0.327 e. The van der Waals surface area contributed by atoms with E-state index in [-0.39, 0.29) is 24.6 Å². The highest BCUT2D eigenvalue weighted by Crippen LogP contribution is 2.26. The molecule has 1 unspecified atom stereocenters. The maximum absolute atomic E-state index is 12.0. The summed E-state index contributed by atoms with van der Waals surface area (Å²) in [7, 11) is 0. The van der Waals surface area contributed by atoms with Crippen molar-refractivity contribution in [2.75, 3.05) is 6.61 Å². The minimum absolute atomic E-state index is 0.00522. The normalized spacial score (nSPS) is 20.7. The summed E-state index contributed by atoms with van der Waals surface area (Å²) in [6.07, 6.45) is 4.04. The molecule has 0 radical (unpaired) electrons. The summed E-state index contributed by atoms with van der Waals surface area (Å²) in [4.78, 5) is 12.0. The van der Waals surface area contributed by atoms with Crippen LogP contribution >= 0.6 is 0 Å². The summed E-state index contributed by atoms with van der Waals surface area (Å²) in [6, 6.07) is 6.77. The first-order valence-electron chi connectivity index (χ1n) is 9.98. The molecule has 1 aliphatic rings. The van der Waals surface area contributed by atoms with E-state index in [2.05, 4.69) is 52.9 Å². The number of rotatable bonds is 7. The molecule has 1 atom stereocenters. The molecule has 152 valence electrons. The molecule has 1 heterocycles. The van der Waals surface area contributed by atoms with Crippen molar-refractivity contribution in [3.63, 3.8) is 0 Å². The molecule has 0 bridgehead atoms. The third kappa shape index (κ3) is 4.94. The van der Waals surface area contributed by atoms with Gasteiger partial charge in [-0.05, 0) is 73.6 Å². The van der Waals surface area contributed by atoms with Gasteiger partial charge in [0.05, 0.1) is 12.6 Å². The van der Waals surface area contributed by atoms with Gasteiger partial charge in [0.2, 0.25) is 0 Å². The van der Waals surface area contributed by atoms with E-state index in [0.717, 1.165) is 31.2 Å². The van der Waals surface area contributed by atoms with Gasteiger partial charge in [-0.15, -0.1) is 5.10 Å². The van der Waals surface area contributed by atoms with Crippen LogP contribution in [0.4, 0.5) is 0 Å². The van der Waals surface area contributed by atoms with Crippen molar-refractivity contribution in [2.24, 2.45) is 5.73 Å². The van der Waals surface area contributed by atoms with E-state index in [0.29, 0.717) is 18.5 Å². The molecule has 1 aromatic heterocycles. The fourth-order valence-electron chi connectivity index (χ4n) is 3.65. The highest BCUT2D eigenvalue weighted by molar-refractivity contribution is 5.69. The van der Waals surface area contributed by atoms with E-state index in [1.54, 1.807) is 6.92 Å². The number of carbonyl (C=O) groups excluding carboxylic acids is 1. The summed E-state index contributed by atoms with van der Waals surface area (Å²) in [5, 5.41) is 15.8. The van der Waals surface area contributed by atoms with Gasteiger partial charge < -0.3 is 15.8 Å². The van der Waals surface area contributed by atoms with Crippen LogP contribution in [0.15, 0.2) is 18.2 Å². The number of esters is 1. The van der Waals surface area contributed by atoms with E-state index in [4.69, 9.17) is 10.5 Å². The van der Waals surface area contributed by atoms with Crippen molar-refractivity contribution in [1.82, 2.24) is 25.5 Å². The van der Waals surface area contributed by atoms with Gasteiger partial charge in [0.25, 0.3) is 0 Å². The molecule has 2 aromatic rings. The first kappa shape index (κ1) is 20.4. The van der Waals surface area contributed by atoms with Gasteiger partial charge >= 0.3 is 5.97 Å². The lowest BCUT2D eigenvalue weighted by Gasteiger charge is -2.30. The van der Waals surface area contributed by atoms with Gasteiger partial charge in [0.1, 0.15) is 6.54 Å². The maximum atomic E-state index is 12.0. The molecule has 1 aliphatic carbocycles. The highest BCUT2D eigenvalue weighted by atomic mass is 16.5. The molecule has 0 aliphatic heterocycles. The molecule has 1 fully saturated rings. The Morgan fingerprint density at radius 1 is 1.29 bits per heavy atom. The molecule has 28 heavy (non-hydrogen) atoms. The zero-order valence-electron chi connectivity index (χ0n) is 16.9. The van der Waals surface area contributed by atoms with Gasteiger partial charge in [-0.2, -0.15) is 0 Å². The van der Waals surface area contributed by atoms with Gasteiger partial charge in [0, 0.05) is 12.1 Å². The third-order valence-corrected chi connectivity index (χ3v) is 5.44. The second-order valence-corrected chi connectivity index (χ2v) is 7.55. The van der Waals surface area contributed by atoms with Crippen LogP contribution in [-0.2, 0) is 16.1 Å². The Balaban J connectivity index is 1.89. The van der Waals surface area contributed by atoms with Gasteiger partial charge in [-0.25, -0.2) is 4.68 Å². The third-order valence-electron chi connectivity index (χ3n) is 5.44. The predicted molar refractivity (Wildman–Crippen MR) is 106 cm³/mol. The number of hydrogen-bond acceptors (Lipinski definition) is 7. The summed E-state index contributed by atoms with van der Waals surface area (Å²) in [6.45, 7) is 6.30. The van der Waals surface area contributed by atoms with Gasteiger partial charge in [0.15, 0.2) is 5.82 Å². The number of tetrazole rings is 1. The largest absolute Gasteiger partial charge is 0.465 e. The lowest BCUT2D eigenvalue weighted by Crippen LogP contribution is -2.40. The number of carbonyl (C=O) groups is 1. The monoisotopic (exact) mass is 386 g/mol. The zero-order valence-corrected chi connectivity index (χ0v) is 16.9. The van der Waals surface area contributed by atoms with Crippen LogP contribution in [0.3, 0.4) is 0 Å². The fraction of sp³-hybridized carbons (Fsp3) is 0.600. The second kappa shape index (κ2) is 9.25. The van der Waals surface area contributed by atoms with Crippen LogP contribution in [0.5, 0.6) is 0 Å². The number of hydrogen-bond donors (Lipinski definition) is 2. The second-order valence-electron chi connectivity index (χ2n) is 7.55. The van der Waals surface area contributed by atoms with Crippen LogP contribution in [0.2, 0.25) is 0 Å². The molecular formula is C20H30N6O2. The van der Waals surface area contributed by atoms with Crippen LogP contribution in [0, 0.1) is 13.8 Å². The number of ether oxygens (including phenoxy) is 1. The Morgan fingerprint density at radius 2 is 2.04 bits per heavy atom. The summed E-state index contributed by atoms with van der Waals surface area (Å²) in [5.41, 5.74) is 9.58. The molecule has 1 saturated carbocycles. The number of benzene rings is 1. The van der Waals surface area contributed by atoms with Crippen LogP contribution < -0.4 is 11.1 Å². The van der Waals surface area contributed by atoms with Crippen molar-refractivity contribution < 1.29 is 9.53 Å². The van der Waals surface area contributed by atoms with Crippen molar-refractivity contribution >= 4 is 5.97 Å². The van der Waals surface area contributed by atoms with Crippen LogP contribution in [0.25, 0.3) is 0 Å². The lowest BCUT2D eigenvalue weighted by molar-refractivity contribution is -0.144. The number of nitrogens with two attached hydrogens (primary N) is 1. The zero-order chi connectivity index (χ0) is 20.1. The van der Waals surface area contributed by atoms with E-state index in [9.17, 15) is 4.79 Å². The van der Waals surface area contributed by atoms with Crippen molar-refractivity contribution in [3.05, 3.63) is 40.7 Å². The van der Waals surface area contributed by atoms with E-state index in [1.807, 2.05) is 0 Å². The minimum atomic E-state index is -0.349. The Hall–Kier alpha value is -2.32. The van der Waals surface area contributed by atoms with Crippen LogP contribution in [-0.4, -0.2) is 44.9 Å². The summed E-state index contributed by atoms with van der Waals surface area (Å²) < 4.78 is 6.59. The lowest BCUT2D eigenvalue weighted by atomic mass is 9.90. The van der Waals surface area contributed by atoms with Gasteiger partial charge in [-0.1, -0.05) is 18.2 Å². The van der Waals surface area contributed by atoms with E-state index >= 15 is 0 Å². The Labute approximate surface area is 165 Å². The van der Waals surface area contributed by atoms with E-state index < -0.39 is 0 Å². The highest BCUT2D eigenvalue weighted by Gasteiger charge is 2.27. The summed E-state index contributed by atoms with van der Waals surface area (Å²) in [5.74, 6) is 0.268. The SMILES string of the molecule is CCOC(=O)Cn1nnnc1C(NC1CCC(N)CC1)c1ccc(C)c(C)c1. The van der Waals surface area contributed by atoms with Crippen LogP contribution in [0.1, 0.15) is 61.2 Å². The fourth-order valence-corrected chi connectivity index (χ4v) is 3.65. The van der Waals surface area contributed by atoms with E-state index in [1.165, 1.54) is 15.8 Å².